The molecule has 1 nitrogen and oxygen atoms in total. The first-order valence-electron chi connectivity index (χ1n) is 4.55. The van der Waals surface area contributed by atoms with Crippen LogP contribution >= 0.6 is 0 Å². The molecule has 13 heavy (non-hydrogen) atoms. The van der Waals surface area contributed by atoms with E-state index in [1.807, 2.05) is 0 Å². The summed E-state index contributed by atoms with van der Waals surface area (Å²) in [6, 6.07) is 0. The predicted octanol–water partition coefficient (Wildman–Crippen LogP) is 3.40. The van der Waals surface area contributed by atoms with Gasteiger partial charge in [-0.2, -0.15) is 0 Å². The largest absolute Gasteiger partial charge is 0.402 e. The molecule has 2 N–H and O–H groups in total. The molecule has 0 spiro atoms. The molecule has 0 aliphatic rings. The smallest absolute Gasteiger partial charge is 0.00559 e. The molecule has 0 aromatic carbocycles. The Balaban J connectivity index is 4.57. The molecule has 0 saturated heterocycles. The van der Waals surface area contributed by atoms with Crippen LogP contribution < -0.4 is 5.73 Å². The summed E-state index contributed by atoms with van der Waals surface area (Å²) >= 11 is 0. The lowest BCUT2D eigenvalue weighted by atomic mass is 9.79. The molecule has 0 aliphatic carbocycles. The molecule has 74 valence electrons. The Morgan fingerprint density at radius 3 is 2.08 bits per heavy atom. The number of nitrogens with two attached hydrogens (primary N) is 1. The summed E-state index contributed by atoms with van der Waals surface area (Å²) in [5.41, 5.74) is 8.74. The van der Waals surface area contributed by atoms with Gasteiger partial charge in [-0.3, -0.25) is 0 Å². The molecule has 0 bridgehead atoms. The molecular formula is C12H21N. The molecule has 0 aliphatic heterocycles. The first-order chi connectivity index (χ1) is 5.78. The van der Waals surface area contributed by atoms with Crippen molar-refractivity contribution in [2.45, 2.75) is 34.1 Å². The van der Waals surface area contributed by atoms with Crippen LogP contribution in [0.25, 0.3) is 0 Å². The fourth-order valence-corrected chi connectivity index (χ4v) is 0.876. The predicted molar refractivity (Wildman–Crippen MR) is 60.3 cm³/mol. The van der Waals surface area contributed by atoms with Gasteiger partial charge in [0.25, 0.3) is 0 Å². The van der Waals surface area contributed by atoms with Gasteiger partial charge in [0.1, 0.15) is 0 Å². The number of rotatable bonds is 4. The molecule has 0 atom stereocenters. The van der Waals surface area contributed by atoms with E-state index in [9.17, 15) is 0 Å². The highest BCUT2D eigenvalue weighted by atomic mass is 14.5. The first-order valence-corrected chi connectivity index (χ1v) is 4.55. The van der Waals surface area contributed by atoms with Gasteiger partial charge in [-0.25, -0.2) is 0 Å². The van der Waals surface area contributed by atoms with E-state index in [0.717, 1.165) is 6.42 Å². The van der Waals surface area contributed by atoms with Crippen molar-refractivity contribution in [3.05, 3.63) is 36.1 Å². The summed E-state index contributed by atoms with van der Waals surface area (Å²) < 4.78 is 0. The second-order valence-corrected chi connectivity index (χ2v) is 4.15. The number of hydrogen-bond acceptors (Lipinski definition) is 1. The number of allylic oxidation sites excluding steroid dienone is 3. The fraction of sp³-hybridized carbons (Fsp3) is 0.500. The van der Waals surface area contributed by atoms with Crippen LogP contribution in [-0.4, -0.2) is 0 Å². The topological polar surface area (TPSA) is 26.0 Å². The molecule has 0 unspecified atom stereocenters. The molecular weight excluding hydrogens is 158 g/mol. The molecule has 0 amide bonds. The Bertz CT molecular complexity index is 244. The van der Waals surface area contributed by atoms with Crippen molar-refractivity contribution in [1.29, 1.82) is 0 Å². The van der Waals surface area contributed by atoms with E-state index in [0.29, 0.717) is 5.70 Å². The average molecular weight is 179 g/mol. The molecule has 0 fully saturated rings. The van der Waals surface area contributed by atoms with E-state index in [-0.39, 0.29) is 5.41 Å². The molecule has 1 heteroatoms. The van der Waals surface area contributed by atoms with Crippen LogP contribution in [0.4, 0.5) is 0 Å². The third-order valence-corrected chi connectivity index (χ3v) is 2.72. The van der Waals surface area contributed by atoms with Gasteiger partial charge in [0.15, 0.2) is 0 Å². The van der Waals surface area contributed by atoms with Crippen molar-refractivity contribution < 1.29 is 0 Å². The third-order valence-electron chi connectivity index (χ3n) is 2.72. The SMILES string of the molecule is C=C(N)C/C=C(\C)C(C)(C)C(=C)C. The minimum Gasteiger partial charge on any atom is -0.402 e. The maximum absolute atomic E-state index is 5.50. The Hall–Kier alpha value is -0.980. The van der Waals surface area contributed by atoms with Crippen LogP contribution in [-0.2, 0) is 0 Å². The lowest BCUT2D eigenvalue weighted by molar-refractivity contribution is 0.538. The van der Waals surface area contributed by atoms with E-state index in [4.69, 9.17) is 5.73 Å². The van der Waals surface area contributed by atoms with Gasteiger partial charge in [0.2, 0.25) is 0 Å². The van der Waals surface area contributed by atoms with E-state index < -0.39 is 0 Å². The van der Waals surface area contributed by atoms with Gasteiger partial charge < -0.3 is 5.73 Å². The Morgan fingerprint density at radius 1 is 1.31 bits per heavy atom. The minimum atomic E-state index is 0.0649. The quantitative estimate of drug-likeness (QED) is 0.658. The van der Waals surface area contributed by atoms with Gasteiger partial charge in [0, 0.05) is 17.5 Å². The van der Waals surface area contributed by atoms with Crippen LogP contribution in [0.3, 0.4) is 0 Å². The van der Waals surface area contributed by atoms with Crippen molar-refractivity contribution in [3.63, 3.8) is 0 Å². The highest BCUT2D eigenvalue weighted by Gasteiger charge is 2.20. The standard InChI is InChI=1S/C12H21N/c1-9(2)12(5,6)10(3)7-8-11(4)13/h7H,1,4,8,13H2,2-3,5-6H3/b10-7+. The van der Waals surface area contributed by atoms with Crippen molar-refractivity contribution in [2.24, 2.45) is 11.1 Å². The maximum atomic E-state index is 5.50. The first kappa shape index (κ1) is 12.0. The zero-order valence-corrected chi connectivity index (χ0v) is 9.28. The van der Waals surface area contributed by atoms with E-state index in [2.05, 4.69) is 46.9 Å². The second-order valence-electron chi connectivity index (χ2n) is 4.15. The normalized spacial score (nSPS) is 12.8. The highest BCUT2D eigenvalue weighted by molar-refractivity contribution is 5.23. The second kappa shape index (κ2) is 4.31. The molecule has 0 saturated carbocycles. The Morgan fingerprint density at radius 2 is 1.77 bits per heavy atom. The van der Waals surface area contributed by atoms with E-state index in [1.54, 1.807) is 0 Å². The zero-order valence-electron chi connectivity index (χ0n) is 9.28. The van der Waals surface area contributed by atoms with Gasteiger partial charge in [0.05, 0.1) is 0 Å². The van der Waals surface area contributed by atoms with Gasteiger partial charge in [-0.05, 0) is 13.8 Å². The van der Waals surface area contributed by atoms with E-state index in [1.165, 1.54) is 11.1 Å². The molecule has 0 aromatic rings. The maximum Gasteiger partial charge on any atom is 0.00559 e. The number of hydrogen-bond donors (Lipinski definition) is 1. The molecule has 0 aromatic heterocycles. The molecule has 0 heterocycles. The lowest BCUT2D eigenvalue weighted by Gasteiger charge is -2.26. The van der Waals surface area contributed by atoms with Crippen molar-refractivity contribution in [2.75, 3.05) is 0 Å². The van der Waals surface area contributed by atoms with E-state index >= 15 is 0 Å². The highest BCUT2D eigenvalue weighted by Crippen LogP contribution is 2.33. The summed E-state index contributed by atoms with van der Waals surface area (Å²) in [7, 11) is 0. The fourth-order valence-electron chi connectivity index (χ4n) is 0.876. The minimum absolute atomic E-state index is 0.0649. The summed E-state index contributed by atoms with van der Waals surface area (Å²) in [6.07, 6.45) is 2.87. The van der Waals surface area contributed by atoms with Gasteiger partial charge in [-0.1, -0.05) is 44.2 Å². The Labute approximate surface area is 82.0 Å². The van der Waals surface area contributed by atoms with Crippen LogP contribution in [0.2, 0.25) is 0 Å². The van der Waals surface area contributed by atoms with Crippen molar-refractivity contribution >= 4 is 0 Å². The monoisotopic (exact) mass is 179 g/mol. The summed E-state index contributed by atoms with van der Waals surface area (Å²) in [5.74, 6) is 0. The summed E-state index contributed by atoms with van der Waals surface area (Å²) in [4.78, 5) is 0. The van der Waals surface area contributed by atoms with Crippen LogP contribution in [0.5, 0.6) is 0 Å². The summed E-state index contributed by atoms with van der Waals surface area (Å²) in [6.45, 7) is 16.1. The van der Waals surface area contributed by atoms with Gasteiger partial charge in [-0.15, -0.1) is 0 Å². The van der Waals surface area contributed by atoms with Crippen LogP contribution in [0, 0.1) is 5.41 Å². The van der Waals surface area contributed by atoms with Crippen molar-refractivity contribution in [1.82, 2.24) is 0 Å². The lowest BCUT2D eigenvalue weighted by Crippen LogP contribution is -2.14. The van der Waals surface area contributed by atoms with Crippen LogP contribution in [0.15, 0.2) is 36.1 Å². The zero-order chi connectivity index (χ0) is 10.6. The Kier molecular flexibility index (Phi) is 3.99. The molecule has 0 radical (unpaired) electrons. The third kappa shape index (κ3) is 3.49. The van der Waals surface area contributed by atoms with Crippen LogP contribution in [0.1, 0.15) is 34.1 Å². The average Bonchev–Trinajstić information content (AvgIpc) is 1.99. The molecule has 0 rings (SSSR count). The summed E-state index contributed by atoms with van der Waals surface area (Å²) in [5, 5.41) is 0. The van der Waals surface area contributed by atoms with Gasteiger partial charge >= 0.3 is 0 Å². The van der Waals surface area contributed by atoms with Crippen molar-refractivity contribution in [3.8, 4) is 0 Å².